The Kier molecular flexibility index (Phi) is 5.37. The van der Waals surface area contributed by atoms with E-state index in [1.165, 1.54) is 0 Å². The molecular weight excluding hydrogens is 318 g/mol. The van der Waals surface area contributed by atoms with Crippen LogP contribution in [0.3, 0.4) is 0 Å². The minimum absolute atomic E-state index is 0.0231. The molecule has 2 amide bonds. The molecule has 0 saturated carbocycles. The summed E-state index contributed by atoms with van der Waals surface area (Å²) in [7, 11) is 1.66. The molecule has 0 aliphatic carbocycles. The number of hydrogen-bond donors (Lipinski definition) is 0. The van der Waals surface area contributed by atoms with Gasteiger partial charge in [-0.15, -0.1) is 0 Å². The summed E-state index contributed by atoms with van der Waals surface area (Å²) in [6.07, 6.45) is 6.76. The van der Waals surface area contributed by atoms with Crippen LogP contribution in [0.1, 0.15) is 41.6 Å². The molecule has 0 N–H and O–H groups in total. The summed E-state index contributed by atoms with van der Waals surface area (Å²) in [5.74, 6) is 0.269. The zero-order chi connectivity index (χ0) is 17.9. The van der Waals surface area contributed by atoms with Crippen LogP contribution < -0.4 is 0 Å². The van der Waals surface area contributed by atoms with E-state index in [0.717, 1.165) is 37.8 Å². The van der Waals surface area contributed by atoms with E-state index in [4.69, 9.17) is 4.74 Å². The number of pyridine rings is 1. The second-order valence-corrected chi connectivity index (χ2v) is 7.21. The molecule has 3 rings (SSSR count). The molecule has 2 saturated heterocycles. The fraction of sp³-hybridized carbons (Fsp3) is 0.632. The van der Waals surface area contributed by atoms with Gasteiger partial charge in [0.25, 0.3) is 5.91 Å². The van der Waals surface area contributed by atoms with Gasteiger partial charge in [0.15, 0.2) is 0 Å². The van der Waals surface area contributed by atoms with Gasteiger partial charge in [-0.3, -0.25) is 14.6 Å². The van der Waals surface area contributed by atoms with Crippen molar-refractivity contribution in [1.82, 2.24) is 14.8 Å². The molecule has 0 aromatic carbocycles. The van der Waals surface area contributed by atoms with Crippen LogP contribution >= 0.6 is 0 Å². The van der Waals surface area contributed by atoms with Gasteiger partial charge in [-0.2, -0.15) is 0 Å². The average Bonchev–Trinajstić information content (AvgIpc) is 2.79. The number of hydrogen-bond acceptors (Lipinski definition) is 4. The highest BCUT2D eigenvalue weighted by atomic mass is 16.5. The van der Waals surface area contributed by atoms with E-state index in [2.05, 4.69) is 4.98 Å². The summed E-state index contributed by atoms with van der Waals surface area (Å²) >= 11 is 0. The van der Waals surface area contributed by atoms with Gasteiger partial charge in [-0.1, -0.05) is 0 Å². The third-order valence-corrected chi connectivity index (χ3v) is 5.52. The van der Waals surface area contributed by atoms with E-state index in [9.17, 15) is 9.59 Å². The molecule has 2 aliphatic rings. The number of aromatic nitrogens is 1. The van der Waals surface area contributed by atoms with Crippen molar-refractivity contribution in [2.24, 2.45) is 5.41 Å². The number of likely N-dealkylation sites (tertiary alicyclic amines) is 2. The molecular formula is C19H27N3O3. The second-order valence-electron chi connectivity index (χ2n) is 7.21. The number of aryl methyl sites for hydroxylation is 1. The number of carbonyl (C=O) groups excluding carboxylic acids is 2. The molecule has 1 spiro atoms. The van der Waals surface area contributed by atoms with Crippen LogP contribution in [-0.2, 0) is 9.53 Å². The highest BCUT2D eigenvalue weighted by molar-refractivity contribution is 5.94. The molecule has 136 valence electrons. The van der Waals surface area contributed by atoms with Crippen molar-refractivity contribution in [2.75, 3.05) is 39.9 Å². The molecule has 3 heterocycles. The van der Waals surface area contributed by atoms with E-state index < -0.39 is 0 Å². The molecule has 0 radical (unpaired) electrons. The van der Waals surface area contributed by atoms with E-state index in [-0.39, 0.29) is 17.2 Å². The van der Waals surface area contributed by atoms with Crippen molar-refractivity contribution in [2.45, 2.75) is 32.6 Å². The first-order valence-corrected chi connectivity index (χ1v) is 9.05. The number of rotatable bonds is 4. The third-order valence-electron chi connectivity index (χ3n) is 5.52. The Bertz CT molecular complexity index is 649. The SMILES string of the molecule is COCCN1CCC2(CCCN(C(=O)c3cncc(C)c3)CC2)C1=O. The fourth-order valence-corrected chi connectivity index (χ4v) is 4.02. The van der Waals surface area contributed by atoms with E-state index in [0.29, 0.717) is 31.8 Å². The summed E-state index contributed by atoms with van der Waals surface area (Å²) in [5.41, 5.74) is 1.33. The van der Waals surface area contributed by atoms with Gasteiger partial charge in [0.05, 0.1) is 17.6 Å². The van der Waals surface area contributed by atoms with Gasteiger partial charge in [0.1, 0.15) is 0 Å². The number of nitrogens with zero attached hydrogens (tertiary/aromatic N) is 3. The standard InChI is InChI=1S/C19H27N3O3/c1-15-12-16(14-20-13-15)17(23)21-7-3-4-19(5-8-21)6-9-22(18(19)24)10-11-25-2/h12-14H,3-11H2,1-2H3. The van der Waals surface area contributed by atoms with Crippen LogP contribution in [-0.4, -0.2) is 66.5 Å². The second kappa shape index (κ2) is 7.52. The summed E-state index contributed by atoms with van der Waals surface area (Å²) < 4.78 is 5.11. The zero-order valence-corrected chi connectivity index (χ0v) is 15.2. The van der Waals surface area contributed by atoms with Crippen LogP contribution in [0.15, 0.2) is 18.5 Å². The van der Waals surface area contributed by atoms with Gasteiger partial charge in [0.2, 0.25) is 5.91 Å². The molecule has 1 aromatic rings. The first-order valence-electron chi connectivity index (χ1n) is 9.05. The Labute approximate surface area is 149 Å². The maximum absolute atomic E-state index is 12.9. The van der Waals surface area contributed by atoms with Crippen molar-refractivity contribution in [1.29, 1.82) is 0 Å². The van der Waals surface area contributed by atoms with Crippen molar-refractivity contribution < 1.29 is 14.3 Å². The van der Waals surface area contributed by atoms with Crippen molar-refractivity contribution in [3.05, 3.63) is 29.6 Å². The molecule has 6 nitrogen and oxygen atoms in total. The summed E-state index contributed by atoms with van der Waals surface area (Å²) in [6.45, 7) is 5.32. The van der Waals surface area contributed by atoms with E-state index in [1.807, 2.05) is 22.8 Å². The number of carbonyl (C=O) groups is 2. The van der Waals surface area contributed by atoms with Gasteiger partial charge >= 0.3 is 0 Å². The van der Waals surface area contributed by atoms with E-state index >= 15 is 0 Å². The average molecular weight is 345 g/mol. The number of methoxy groups -OCH3 is 1. The van der Waals surface area contributed by atoms with Gasteiger partial charge in [0, 0.05) is 45.7 Å². The van der Waals surface area contributed by atoms with Crippen LogP contribution in [0.2, 0.25) is 0 Å². The van der Waals surface area contributed by atoms with Gasteiger partial charge in [-0.25, -0.2) is 0 Å². The van der Waals surface area contributed by atoms with Crippen molar-refractivity contribution >= 4 is 11.8 Å². The van der Waals surface area contributed by atoms with Gasteiger partial charge < -0.3 is 14.5 Å². The van der Waals surface area contributed by atoms with Crippen LogP contribution in [0.4, 0.5) is 0 Å². The Morgan fingerprint density at radius 2 is 2.04 bits per heavy atom. The van der Waals surface area contributed by atoms with E-state index in [1.54, 1.807) is 19.5 Å². The molecule has 2 aliphatic heterocycles. The monoisotopic (exact) mass is 345 g/mol. The minimum Gasteiger partial charge on any atom is -0.383 e. The Hall–Kier alpha value is -1.95. The fourth-order valence-electron chi connectivity index (χ4n) is 4.02. The van der Waals surface area contributed by atoms with Crippen molar-refractivity contribution in [3.8, 4) is 0 Å². The Morgan fingerprint density at radius 3 is 2.80 bits per heavy atom. The third kappa shape index (κ3) is 3.68. The maximum Gasteiger partial charge on any atom is 0.255 e. The molecule has 2 fully saturated rings. The predicted octanol–water partition coefficient (Wildman–Crippen LogP) is 1.88. The first kappa shape index (κ1) is 17.9. The zero-order valence-electron chi connectivity index (χ0n) is 15.2. The summed E-state index contributed by atoms with van der Waals surface area (Å²) in [5, 5.41) is 0. The molecule has 6 heteroatoms. The maximum atomic E-state index is 12.9. The molecule has 1 atom stereocenters. The minimum atomic E-state index is -0.284. The lowest BCUT2D eigenvalue weighted by Gasteiger charge is -2.26. The first-order chi connectivity index (χ1) is 12.1. The van der Waals surface area contributed by atoms with Gasteiger partial charge in [-0.05, 0) is 44.2 Å². The summed E-state index contributed by atoms with van der Waals surface area (Å²) in [4.78, 5) is 33.6. The Balaban J connectivity index is 1.66. The topological polar surface area (TPSA) is 62.7 Å². The summed E-state index contributed by atoms with van der Waals surface area (Å²) in [6, 6.07) is 1.88. The predicted molar refractivity (Wildman–Crippen MR) is 94.2 cm³/mol. The number of amides is 2. The largest absolute Gasteiger partial charge is 0.383 e. The highest BCUT2D eigenvalue weighted by Gasteiger charge is 2.47. The van der Waals surface area contributed by atoms with Crippen LogP contribution in [0.5, 0.6) is 0 Å². The lowest BCUT2D eigenvalue weighted by molar-refractivity contribution is -0.137. The molecule has 0 bridgehead atoms. The molecule has 1 aromatic heterocycles. The Morgan fingerprint density at radius 1 is 1.24 bits per heavy atom. The molecule has 25 heavy (non-hydrogen) atoms. The lowest BCUT2D eigenvalue weighted by atomic mass is 9.79. The normalized spacial score (nSPS) is 24.0. The van der Waals surface area contributed by atoms with Crippen LogP contribution in [0.25, 0.3) is 0 Å². The smallest absolute Gasteiger partial charge is 0.255 e. The number of ether oxygens (including phenoxy) is 1. The highest BCUT2D eigenvalue weighted by Crippen LogP contribution is 2.41. The van der Waals surface area contributed by atoms with Crippen LogP contribution in [0, 0.1) is 12.3 Å². The molecule has 1 unspecified atom stereocenters. The quantitative estimate of drug-likeness (QED) is 0.836. The van der Waals surface area contributed by atoms with Crippen molar-refractivity contribution in [3.63, 3.8) is 0 Å². The lowest BCUT2D eigenvalue weighted by Crippen LogP contribution is -2.37.